The van der Waals surface area contributed by atoms with Crippen LogP contribution in [0.1, 0.15) is 58.3 Å². The van der Waals surface area contributed by atoms with Crippen molar-refractivity contribution < 1.29 is 4.79 Å². The summed E-state index contributed by atoms with van der Waals surface area (Å²) in [6, 6.07) is 1.18. The topological polar surface area (TPSA) is 32.3 Å². The Bertz CT molecular complexity index is 266. The van der Waals surface area contributed by atoms with Gasteiger partial charge in [0.15, 0.2) is 0 Å². The molecule has 0 atom stereocenters. The van der Waals surface area contributed by atoms with Crippen LogP contribution in [-0.4, -0.2) is 36.5 Å². The molecule has 2 fully saturated rings. The second-order valence-electron chi connectivity index (χ2n) is 5.99. The van der Waals surface area contributed by atoms with Gasteiger partial charge in [-0.3, -0.25) is 4.79 Å². The molecule has 0 saturated heterocycles. The molecule has 0 unspecified atom stereocenters. The summed E-state index contributed by atoms with van der Waals surface area (Å²) in [7, 11) is 2.03. The van der Waals surface area contributed by atoms with Crippen LogP contribution in [0.5, 0.6) is 0 Å². The van der Waals surface area contributed by atoms with Gasteiger partial charge in [0.2, 0.25) is 5.91 Å². The number of hydrogen-bond acceptors (Lipinski definition) is 2. The van der Waals surface area contributed by atoms with Gasteiger partial charge in [0.05, 0.1) is 0 Å². The van der Waals surface area contributed by atoms with Gasteiger partial charge in [0, 0.05) is 25.0 Å². The van der Waals surface area contributed by atoms with E-state index in [0.717, 1.165) is 19.4 Å². The Kier molecular flexibility index (Phi) is 5.04. The van der Waals surface area contributed by atoms with E-state index in [0.29, 0.717) is 23.9 Å². The molecule has 2 saturated carbocycles. The molecule has 0 radical (unpaired) electrons. The van der Waals surface area contributed by atoms with E-state index >= 15 is 0 Å². The number of carbonyl (C=O) groups excluding carboxylic acids is 1. The number of nitrogens with zero attached hydrogens (tertiary/aromatic N) is 1. The predicted molar refractivity (Wildman–Crippen MR) is 74.4 cm³/mol. The van der Waals surface area contributed by atoms with Crippen LogP contribution in [0.25, 0.3) is 0 Å². The van der Waals surface area contributed by atoms with Crippen LogP contribution in [0.4, 0.5) is 0 Å². The maximum atomic E-state index is 12.4. The predicted octanol–water partition coefficient (Wildman–Crippen LogP) is 2.56. The molecule has 104 valence electrons. The zero-order chi connectivity index (χ0) is 13.0. The maximum Gasteiger partial charge on any atom is 0.225 e. The van der Waals surface area contributed by atoms with Crippen molar-refractivity contribution in [2.75, 3.05) is 13.6 Å². The van der Waals surface area contributed by atoms with Gasteiger partial charge in [-0.15, -0.1) is 0 Å². The summed E-state index contributed by atoms with van der Waals surface area (Å²) in [5.41, 5.74) is 0. The van der Waals surface area contributed by atoms with E-state index in [1.54, 1.807) is 0 Å². The van der Waals surface area contributed by atoms with E-state index in [1.807, 2.05) is 7.05 Å². The van der Waals surface area contributed by atoms with Crippen LogP contribution in [0.3, 0.4) is 0 Å². The minimum absolute atomic E-state index is 0.335. The van der Waals surface area contributed by atoms with Crippen LogP contribution in [-0.2, 0) is 4.79 Å². The lowest BCUT2D eigenvalue weighted by Crippen LogP contribution is -2.44. The highest BCUT2D eigenvalue weighted by molar-refractivity contribution is 5.79. The summed E-state index contributed by atoms with van der Waals surface area (Å²) in [4.78, 5) is 14.4. The number of amides is 1. The second kappa shape index (κ2) is 6.55. The van der Waals surface area contributed by atoms with Gasteiger partial charge in [-0.2, -0.15) is 0 Å². The first-order valence-corrected chi connectivity index (χ1v) is 7.72. The Morgan fingerprint density at radius 1 is 1.11 bits per heavy atom. The molecule has 0 spiro atoms. The van der Waals surface area contributed by atoms with Crippen LogP contribution in [0.2, 0.25) is 0 Å². The Balaban J connectivity index is 1.79. The fourth-order valence-corrected chi connectivity index (χ4v) is 3.60. The molecule has 3 nitrogen and oxygen atoms in total. The minimum Gasteiger partial charge on any atom is -0.343 e. The van der Waals surface area contributed by atoms with Gasteiger partial charge >= 0.3 is 0 Å². The molecule has 0 aromatic heterocycles. The zero-order valence-corrected chi connectivity index (χ0v) is 12.0. The van der Waals surface area contributed by atoms with Gasteiger partial charge in [-0.1, -0.05) is 19.8 Å². The van der Waals surface area contributed by atoms with E-state index in [1.165, 1.54) is 38.5 Å². The van der Waals surface area contributed by atoms with Crippen LogP contribution in [0.15, 0.2) is 0 Å². The summed E-state index contributed by atoms with van der Waals surface area (Å²) in [6.07, 6.45) is 9.53. The third kappa shape index (κ3) is 3.25. The highest BCUT2D eigenvalue weighted by Crippen LogP contribution is 2.29. The van der Waals surface area contributed by atoms with Crippen LogP contribution >= 0.6 is 0 Å². The molecule has 0 aromatic rings. The molecule has 0 aromatic carbocycles. The van der Waals surface area contributed by atoms with Crippen molar-refractivity contribution >= 4 is 5.91 Å². The molecule has 18 heavy (non-hydrogen) atoms. The molecule has 0 bridgehead atoms. The average molecular weight is 252 g/mol. The van der Waals surface area contributed by atoms with Gasteiger partial charge < -0.3 is 10.2 Å². The molecule has 0 aliphatic heterocycles. The molecule has 1 N–H and O–H groups in total. The lowest BCUT2D eigenvalue weighted by Gasteiger charge is -2.36. The fraction of sp³-hybridized carbons (Fsp3) is 0.933. The molecule has 3 heteroatoms. The summed E-state index contributed by atoms with van der Waals surface area (Å²) in [5, 5.41) is 3.52. The van der Waals surface area contributed by atoms with Crippen molar-refractivity contribution in [3.8, 4) is 0 Å². The first-order valence-electron chi connectivity index (χ1n) is 7.72. The van der Waals surface area contributed by atoms with Crippen molar-refractivity contribution in [2.24, 2.45) is 5.92 Å². The summed E-state index contributed by atoms with van der Waals surface area (Å²) < 4.78 is 0. The number of hydrogen-bond donors (Lipinski definition) is 1. The zero-order valence-electron chi connectivity index (χ0n) is 12.0. The van der Waals surface area contributed by atoms with E-state index in [4.69, 9.17) is 0 Å². The third-order valence-electron chi connectivity index (χ3n) is 4.79. The van der Waals surface area contributed by atoms with E-state index in [-0.39, 0.29) is 0 Å². The van der Waals surface area contributed by atoms with Crippen molar-refractivity contribution in [3.05, 3.63) is 0 Å². The molecular formula is C15H28N2O. The quantitative estimate of drug-likeness (QED) is 0.834. The van der Waals surface area contributed by atoms with Crippen LogP contribution < -0.4 is 5.32 Å². The van der Waals surface area contributed by atoms with Gasteiger partial charge in [0.25, 0.3) is 0 Å². The molecule has 2 rings (SSSR count). The Labute approximate surface area is 111 Å². The molecule has 2 aliphatic carbocycles. The SMILES string of the molecule is CCNC1CCC(N(C)C(=O)C2CCCC2)CC1. The number of rotatable bonds is 4. The Hall–Kier alpha value is -0.570. The number of carbonyl (C=O) groups is 1. The Morgan fingerprint density at radius 2 is 1.72 bits per heavy atom. The van der Waals surface area contributed by atoms with E-state index in [2.05, 4.69) is 17.1 Å². The van der Waals surface area contributed by atoms with E-state index in [9.17, 15) is 4.79 Å². The van der Waals surface area contributed by atoms with Crippen molar-refractivity contribution in [2.45, 2.75) is 70.4 Å². The van der Waals surface area contributed by atoms with Crippen LogP contribution in [0, 0.1) is 5.92 Å². The monoisotopic (exact) mass is 252 g/mol. The molecule has 2 aliphatic rings. The Morgan fingerprint density at radius 3 is 2.28 bits per heavy atom. The number of nitrogens with one attached hydrogen (secondary N) is 1. The molecular weight excluding hydrogens is 224 g/mol. The van der Waals surface area contributed by atoms with Crippen molar-refractivity contribution in [3.63, 3.8) is 0 Å². The lowest BCUT2D eigenvalue weighted by atomic mass is 9.89. The molecule has 0 heterocycles. The fourth-order valence-electron chi connectivity index (χ4n) is 3.60. The highest BCUT2D eigenvalue weighted by atomic mass is 16.2. The van der Waals surface area contributed by atoms with Gasteiger partial charge in [-0.05, 0) is 45.1 Å². The summed E-state index contributed by atoms with van der Waals surface area (Å²) in [6.45, 7) is 3.23. The lowest BCUT2D eigenvalue weighted by molar-refractivity contribution is -0.136. The first-order chi connectivity index (χ1) is 8.72. The van der Waals surface area contributed by atoms with E-state index < -0.39 is 0 Å². The van der Waals surface area contributed by atoms with Gasteiger partial charge in [0.1, 0.15) is 0 Å². The summed E-state index contributed by atoms with van der Waals surface area (Å²) >= 11 is 0. The third-order valence-corrected chi connectivity index (χ3v) is 4.79. The first kappa shape index (κ1) is 13.9. The smallest absolute Gasteiger partial charge is 0.225 e. The maximum absolute atomic E-state index is 12.4. The highest BCUT2D eigenvalue weighted by Gasteiger charge is 2.31. The van der Waals surface area contributed by atoms with Crippen molar-refractivity contribution in [1.82, 2.24) is 10.2 Å². The average Bonchev–Trinajstić information content (AvgIpc) is 2.92. The normalized spacial score (nSPS) is 29.4. The summed E-state index contributed by atoms with van der Waals surface area (Å²) in [5.74, 6) is 0.751. The standard InChI is InChI=1S/C15H28N2O/c1-3-16-13-8-10-14(11-9-13)17(2)15(18)12-6-4-5-7-12/h12-14,16H,3-11H2,1-2H3. The molecule has 1 amide bonds. The van der Waals surface area contributed by atoms with Gasteiger partial charge in [-0.25, -0.2) is 0 Å². The second-order valence-corrected chi connectivity index (χ2v) is 5.99. The van der Waals surface area contributed by atoms with Crippen molar-refractivity contribution in [1.29, 1.82) is 0 Å². The minimum atomic E-state index is 0.335. The largest absolute Gasteiger partial charge is 0.343 e.